The van der Waals surface area contributed by atoms with E-state index in [0.717, 1.165) is 30.9 Å². The molecule has 7 nitrogen and oxygen atoms in total. The van der Waals surface area contributed by atoms with Crippen LogP contribution < -0.4 is 5.32 Å². The lowest BCUT2D eigenvalue weighted by atomic mass is 10.3. The molecule has 0 aliphatic rings. The van der Waals surface area contributed by atoms with Crippen molar-refractivity contribution in [2.75, 3.05) is 11.9 Å². The Labute approximate surface area is 111 Å². The number of nitriles is 1. The van der Waals surface area contributed by atoms with Crippen LogP contribution in [0, 0.1) is 18.3 Å². The second-order valence-corrected chi connectivity index (χ2v) is 4.10. The van der Waals surface area contributed by atoms with E-state index in [2.05, 4.69) is 31.4 Å². The van der Waals surface area contributed by atoms with E-state index in [1.165, 1.54) is 6.33 Å². The molecule has 0 aliphatic heterocycles. The maximum absolute atomic E-state index is 8.67. The van der Waals surface area contributed by atoms with Crippen LogP contribution in [0.15, 0.2) is 18.7 Å². The molecule has 0 saturated carbocycles. The Hall–Kier alpha value is -2.49. The first-order chi connectivity index (χ1) is 9.28. The van der Waals surface area contributed by atoms with E-state index in [9.17, 15) is 0 Å². The molecule has 2 rings (SSSR count). The van der Waals surface area contributed by atoms with Crippen molar-refractivity contribution in [1.82, 2.24) is 24.7 Å². The monoisotopic (exact) mass is 257 g/mol. The quantitative estimate of drug-likeness (QED) is 0.774. The van der Waals surface area contributed by atoms with Crippen LogP contribution in [0.4, 0.5) is 5.95 Å². The number of anilines is 1. The van der Waals surface area contributed by atoms with Gasteiger partial charge in [-0.05, 0) is 19.4 Å². The Bertz CT molecular complexity index is 556. The van der Waals surface area contributed by atoms with Crippen LogP contribution in [0.25, 0.3) is 0 Å². The predicted molar refractivity (Wildman–Crippen MR) is 69.2 cm³/mol. The Morgan fingerprint density at radius 3 is 3.05 bits per heavy atom. The van der Waals surface area contributed by atoms with Crippen LogP contribution >= 0.6 is 0 Å². The normalized spacial score (nSPS) is 10.1. The van der Waals surface area contributed by atoms with E-state index in [1.54, 1.807) is 11.0 Å². The minimum atomic E-state index is 0.303. The summed E-state index contributed by atoms with van der Waals surface area (Å²) in [6, 6.07) is 3.91. The standard InChI is InChI=1S/C12H15N7/c1-10-7-11(3-4-13)18-12(17-10)15-5-2-6-19-9-14-8-16-19/h7-9H,2-3,5-6H2,1H3,(H,15,17,18). The molecule has 0 aliphatic carbocycles. The zero-order chi connectivity index (χ0) is 13.5. The highest BCUT2D eigenvalue weighted by Gasteiger charge is 2.01. The highest BCUT2D eigenvalue weighted by atomic mass is 15.3. The molecule has 0 radical (unpaired) electrons. The third kappa shape index (κ3) is 4.03. The van der Waals surface area contributed by atoms with Gasteiger partial charge in [0.05, 0.1) is 18.2 Å². The molecule has 98 valence electrons. The minimum absolute atomic E-state index is 0.303. The average molecular weight is 257 g/mol. The summed E-state index contributed by atoms with van der Waals surface area (Å²) in [4.78, 5) is 12.4. The number of aryl methyl sites for hydroxylation is 2. The minimum Gasteiger partial charge on any atom is -0.354 e. The van der Waals surface area contributed by atoms with Gasteiger partial charge in [0.2, 0.25) is 5.95 Å². The van der Waals surface area contributed by atoms with Crippen molar-refractivity contribution in [3.05, 3.63) is 30.1 Å². The first-order valence-corrected chi connectivity index (χ1v) is 6.06. The van der Waals surface area contributed by atoms with Crippen molar-refractivity contribution in [2.45, 2.75) is 26.3 Å². The second-order valence-electron chi connectivity index (χ2n) is 4.10. The van der Waals surface area contributed by atoms with Gasteiger partial charge in [0.25, 0.3) is 0 Å². The summed E-state index contributed by atoms with van der Waals surface area (Å²) in [7, 11) is 0. The Balaban J connectivity index is 1.83. The lowest BCUT2D eigenvalue weighted by molar-refractivity contribution is 0.589. The van der Waals surface area contributed by atoms with Gasteiger partial charge in [0.1, 0.15) is 12.7 Å². The molecule has 0 aromatic carbocycles. The number of aromatic nitrogens is 5. The summed E-state index contributed by atoms with van der Waals surface area (Å²) in [5.74, 6) is 0.573. The molecule has 0 fully saturated rings. The first kappa shape index (κ1) is 13.0. The van der Waals surface area contributed by atoms with Gasteiger partial charge in [0.15, 0.2) is 0 Å². The van der Waals surface area contributed by atoms with Crippen molar-refractivity contribution in [2.24, 2.45) is 0 Å². The average Bonchev–Trinajstić information content (AvgIpc) is 2.87. The smallest absolute Gasteiger partial charge is 0.223 e. The summed E-state index contributed by atoms with van der Waals surface area (Å²) in [6.45, 7) is 3.43. The van der Waals surface area contributed by atoms with Crippen LogP contribution in [0.1, 0.15) is 17.8 Å². The molecule has 1 N–H and O–H groups in total. The second kappa shape index (κ2) is 6.44. The summed E-state index contributed by atoms with van der Waals surface area (Å²) in [5, 5.41) is 15.9. The maximum Gasteiger partial charge on any atom is 0.223 e. The zero-order valence-corrected chi connectivity index (χ0v) is 10.7. The third-order valence-corrected chi connectivity index (χ3v) is 2.48. The first-order valence-electron chi connectivity index (χ1n) is 6.06. The number of rotatable bonds is 6. The summed E-state index contributed by atoms with van der Waals surface area (Å²) in [5.41, 5.74) is 1.60. The molecular weight excluding hydrogens is 242 g/mol. The van der Waals surface area contributed by atoms with E-state index < -0.39 is 0 Å². The molecule has 0 unspecified atom stereocenters. The van der Waals surface area contributed by atoms with Gasteiger partial charge in [-0.25, -0.2) is 15.0 Å². The van der Waals surface area contributed by atoms with Gasteiger partial charge in [-0.3, -0.25) is 4.68 Å². The van der Waals surface area contributed by atoms with E-state index in [0.29, 0.717) is 12.4 Å². The van der Waals surface area contributed by atoms with Gasteiger partial charge in [0, 0.05) is 18.8 Å². The molecule has 2 aromatic heterocycles. The zero-order valence-electron chi connectivity index (χ0n) is 10.7. The van der Waals surface area contributed by atoms with Crippen molar-refractivity contribution < 1.29 is 0 Å². The lowest BCUT2D eigenvalue weighted by Crippen LogP contribution is -2.10. The van der Waals surface area contributed by atoms with E-state index >= 15 is 0 Å². The maximum atomic E-state index is 8.67. The Morgan fingerprint density at radius 2 is 2.32 bits per heavy atom. The fraction of sp³-hybridized carbons (Fsp3) is 0.417. The fourth-order valence-electron chi connectivity index (χ4n) is 1.67. The lowest BCUT2D eigenvalue weighted by Gasteiger charge is -2.06. The number of hydrogen-bond donors (Lipinski definition) is 1. The number of nitrogens with one attached hydrogen (secondary N) is 1. The highest BCUT2D eigenvalue weighted by molar-refractivity contribution is 5.28. The van der Waals surface area contributed by atoms with Gasteiger partial charge >= 0.3 is 0 Å². The van der Waals surface area contributed by atoms with E-state index in [4.69, 9.17) is 5.26 Å². The summed E-state index contributed by atoms with van der Waals surface area (Å²) in [6.07, 6.45) is 4.41. The summed E-state index contributed by atoms with van der Waals surface area (Å²) >= 11 is 0. The largest absolute Gasteiger partial charge is 0.354 e. The Kier molecular flexibility index (Phi) is 4.39. The number of nitrogens with zero attached hydrogens (tertiary/aromatic N) is 6. The molecule has 0 bridgehead atoms. The molecule has 19 heavy (non-hydrogen) atoms. The van der Waals surface area contributed by atoms with Crippen molar-refractivity contribution >= 4 is 5.95 Å². The van der Waals surface area contributed by atoms with Crippen molar-refractivity contribution in [1.29, 1.82) is 5.26 Å². The van der Waals surface area contributed by atoms with Crippen LogP contribution in [0.2, 0.25) is 0 Å². The van der Waals surface area contributed by atoms with Crippen LogP contribution in [-0.2, 0) is 13.0 Å². The molecule has 0 saturated heterocycles. The van der Waals surface area contributed by atoms with Crippen LogP contribution in [-0.4, -0.2) is 31.3 Å². The molecule has 7 heteroatoms. The van der Waals surface area contributed by atoms with Gasteiger partial charge in [-0.1, -0.05) is 0 Å². The molecule has 0 amide bonds. The number of hydrogen-bond acceptors (Lipinski definition) is 6. The van der Waals surface area contributed by atoms with Gasteiger partial charge in [-0.2, -0.15) is 10.4 Å². The molecule has 0 atom stereocenters. The molecule has 0 spiro atoms. The van der Waals surface area contributed by atoms with Crippen molar-refractivity contribution in [3.63, 3.8) is 0 Å². The molecule has 2 aromatic rings. The van der Waals surface area contributed by atoms with Crippen molar-refractivity contribution in [3.8, 4) is 6.07 Å². The SMILES string of the molecule is Cc1cc(CC#N)nc(NCCCn2cncn2)n1. The third-order valence-electron chi connectivity index (χ3n) is 2.48. The predicted octanol–water partition coefficient (Wildman–Crippen LogP) is 0.945. The fourth-order valence-corrected chi connectivity index (χ4v) is 1.67. The Morgan fingerprint density at radius 1 is 1.42 bits per heavy atom. The van der Waals surface area contributed by atoms with Gasteiger partial charge in [-0.15, -0.1) is 0 Å². The van der Waals surface area contributed by atoms with Gasteiger partial charge < -0.3 is 5.32 Å². The summed E-state index contributed by atoms with van der Waals surface area (Å²) < 4.78 is 1.78. The van der Waals surface area contributed by atoms with Crippen LogP contribution in [0.3, 0.4) is 0 Å². The topological polar surface area (TPSA) is 92.3 Å². The molecule has 2 heterocycles. The van der Waals surface area contributed by atoms with E-state index in [1.807, 2.05) is 13.0 Å². The highest BCUT2D eigenvalue weighted by Crippen LogP contribution is 2.05. The molecular formula is C12H15N7. The van der Waals surface area contributed by atoms with E-state index in [-0.39, 0.29) is 0 Å². The van der Waals surface area contributed by atoms with Crippen LogP contribution in [0.5, 0.6) is 0 Å².